The van der Waals surface area contributed by atoms with Crippen LogP contribution in [0.5, 0.6) is 5.75 Å². The maximum absolute atomic E-state index is 12.4. The molecule has 1 saturated heterocycles. The van der Waals surface area contributed by atoms with Crippen LogP contribution in [0.3, 0.4) is 0 Å². The van der Waals surface area contributed by atoms with Gasteiger partial charge in [0.1, 0.15) is 5.75 Å². The summed E-state index contributed by atoms with van der Waals surface area (Å²) in [5.41, 5.74) is 0. The molecular weight excluding hydrogens is 266 g/mol. The summed E-state index contributed by atoms with van der Waals surface area (Å²) in [5.74, 6) is 1.02. The van der Waals surface area contributed by atoms with E-state index in [0.717, 1.165) is 38.2 Å². The van der Waals surface area contributed by atoms with Gasteiger partial charge in [0.15, 0.2) is 0 Å². The number of rotatable bonds is 7. The second kappa shape index (κ2) is 8.67. The lowest BCUT2D eigenvalue weighted by Gasteiger charge is -2.35. The molecule has 0 bridgehead atoms. The van der Waals surface area contributed by atoms with Crippen LogP contribution in [0, 0.1) is 0 Å². The Morgan fingerprint density at radius 3 is 2.81 bits per heavy atom. The molecule has 0 spiro atoms. The molecule has 0 saturated carbocycles. The zero-order valence-electron chi connectivity index (χ0n) is 12.8. The lowest BCUT2D eigenvalue weighted by atomic mass is 9.99. The van der Waals surface area contributed by atoms with E-state index in [4.69, 9.17) is 9.47 Å². The predicted octanol–water partition coefficient (Wildman–Crippen LogP) is 2.87. The summed E-state index contributed by atoms with van der Waals surface area (Å²) in [7, 11) is 1.71. The highest BCUT2D eigenvalue weighted by molar-refractivity contribution is 5.76. The fourth-order valence-corrected chi connectivity index (χ4v) is 2.80. The molecule has 1 amide bonds. The minimum atomic E-state index is 0.201. The van der Waals surface area contributed by atoms with Crippen LogP contribution in [0.15, 0.2) is 30.3 Å². The molecule has 1 heterocycles. The first kappa shape index (κ1) is 15.8. The van der Waals surface area contributed by atoms with E-state index >= 15 is 0 Å². The first-order chi connectivity index (χ1) is 10.3. The Hall–Kier alpha value is -1.55. The Morgan fingerprint density at radius 1 is 1.24 bits per heavy atom. The van der Waals surface area contributed by atoms with Crippen molar-refractivity contribution in [3.05, 3.63) is 30.3 Å². The van der Waals surface area contributed by atoms with Crippen LogP contribution in [0.1, 0.15) is 32.1 Å². The van der Waals surface area contributed by atoms with Gasteiger partial charge in [0.05, 0.1) is 13.0 Å². The van der Waals surface area contributed by atoms with Crippen LogP contribution >= 0.6 is 0 Å². The number of nitrogens with zero attached hydrogens (tertiary/aromatic N) is 1. The summed E-state index contributed by atoms with van der Waals surface area (Å²) in [6.45, 7) is 2.03. The van der Waals surface area contributed by atoms with E-state index in [0.29, 0.717) is 19.1 Å². The van der Waals surface area contributed by atoms with Gasteiger partial charge >= 0.3 is 0 Å². The lowest BCUT2D eigenvalue weighted by Crippen LogP contribution is -2.44. The molecule has 0 N–H and O–H groups in total. The van der Waals surface area contributed by atoms with Crippen LogP contribution in [0.2, 0.25) is 0 Å². The zero-order chi connectivity index (χ0) is 14.9. The van der Waals surface area contributed by atoms with Crippen LogP contribution in [0.4, 0.5) is 0 Å². The van der Waals surface area contributed by atoms with E-state index in [1.807, 2.05) is 35.2 Å². The largest absolute Gasteiger partial charge is 0.493 e. The summed E-state index contributed by atoms with van der Waals surface area (Å²) in [4.78, 5) is 14.4. The molecule has 1 aliphatic rings. The van der Waals surface area contributed by atoms with Crippen molar-refractivity contribution in [2.75, 3.05) is 26.9 Å². The van der Waals surface area contributed by atoms with Crippen molar-refractivity contribution < 1.29 is 14.3 Å². The molecule has 1 aromatic carbocycles. The Kier molecular flexibility index (Phi) is 6.54. The monoisotopic (exact) mass is 291 g/mol. The fourth-order valence-electron chi connectivity index (χ4n) is 2.80. The number of hydrogen-bond acceptors (Lipinski definition) is 3. The molecule has 4 heteroatoms. The number of para-hydroxylation sites is 1. The SMILES string of the molecule is COCCC1CCCCN1C(=O)CCOc1ccccc1. The highest BCUT2D eigenvalue weighted by atomic mass is 16.5. The molecule has 4 nitrogen and oxygen atoms in total. The number of benzene rings is 1. The lowest BCUT2D eigenvalue weighted by molar-refractivity contribution is -0.135. The Bertz CT molecular complexity index is 421. The second-order valence-electron chi connectivity index (χ2n) is 5.43. The summed E-state index contributed by atoms with van der Waals surface area (Å²) in [5, 5.41) is 0. The highest BCUT2D eigenvalue weighted by Gasteiger charge is 2.25. The standard InChI is InChI=1S/C17H25NO3/c1-20-13-10-15-7-5-6-12-18(15)17(19)11-14-21-16-8-3-2-4-9-16/h2-4,8-9,15H,5-7,10-14H2,1H3. The van der Waals surface area contributed by atoms with Gasteiger partial charge in [0, 0.05) is 26.3 Å². The van der Waals surface area contributed by atoms with Crippen LogP contribution < -0.4 is 4.74 Å². The fraction of sp³-hybridized carbons (Fsp3) is 0.588. The van der Waals surface area contributed by atoms with Crippen molar-refractivity contribution in [1.29, 1.82) is 0 Å². The normalized spacial score (nSPS) is 18.5. The average Bonchev–Trinajstić information content (AvgIpc) is 2.54. The number of ether oxygens (including phenoxy) is 2. The predicted molar refractivity (Wildman–Crippen MR) is 82.4 cm³/mol. The number of likely N-dealkylation sites (tertiary alicyclic amines) is 1. The smallest absolute Gasteiger partial charge is 0.226 e. The topological polar surface area (TPSA) is 38.8 Å². The molecule has 0 aliphatic carbocycles. The molecule has 116 valence electrons. The maximum atomic E-state index is 12.4. The molecule has 1 unspecified atom stereocenters. The Morgan fingerprint density at radius 2 is 2.05 bits per heavy atom. The van der Waals surface area contributed by atoms with E-state index in [-0.39, 0.29) is 5.91 Å². The van der Waals surface area contributed by atoms with Crippen LogP contribution in [-0.2, 0) is 9.53 Å². The molecular formula is C17H25NO3. The molecule has 2 rings (SSSR count). The molecule has 1 aromatic rings. The van der Waals surface area contributed by atoms with Crippen molar-refractivity contribution in [2.45, 2.75) is 38.1 Å². The van der Waals surface area contributed by atoms with E-state index in [1.54, 1.807) is 7.11 Å². The van der Waals surface area contributed by atoms with Gasteiger partial charge in [-0.1, -0.05) is 18.2 Å². The summed E-state index contributed by atoms with van der Waals surface area (Å²) in [6.07, 6.45) is 4.78. The van der Waals surface area contributed by atoms with Crippen molar-refractivity contribution in [1.82, 2.24) is 4.90 Å². The third-order valence-corrected chi connectivity index (χ3v) is 3.93. The zero-order valence-corrected chi connectivity index (χ0v) is 12.8. The summed E-state index contributed by atoms with van der Waals surface area (Å²) in [6, 6.07) is 9.97. The molecule has 0 radical (unpaired) electrons. The van der Waals surface area contributed by atoms with Gasteiger partial charge in [-0.25, -0.2) is 0 Å². The number of carbonyl (C=O) groups is 1. The van der Waals surface area contributed by atoms with E-state index in [9.17, 15) is 4.79 Å². The van der Waals surface area contributed by atoms with E-state index in [1.165, 1.54) is 6.42 Å². The molecule has 21 heavy (non-hydrogen) atoms. The maximum Gasteiger partial charge on any atom is 0.226 e. The van der Waals surface area contributed by atoms with Gasteiger partial charge in [0.25, 0.3) is 0 Å². The first-order valence-corrected chi connectivity index (χ1v) is 7.77. The van der Waals surface area contributed by atoms with Crippen molar-refractivity contribution >= 4 is 5.91 Å². The van der Waals surface area contributed by atoms with Crippen molar-refractivity contribution in [3.8, 4) is 5.75 Å². The second-order valence-corrected chi connectivity index (χ2v) is 5.43. The Labute approximate surface area is 127 Å². The molecule has 1 aliphatic heterocycles. The number of piperidine rings is 1. The third-order valence-electron chi connectivity index (χ3n) is 3.93. The van der Waals surface area contributed by atoms with Crippen LogP contribution in [0.25, 0.3) is 0 Å². The molecule has 1 atom stereocenters. The van der Waals surface area contributed by atoms with Crippen molar-refractivity contribution in [2.24, 2.45) is 0 Å². The molecule has 1 fully saturated rings. The van der Waals surface area contributed by atoms with Crippen LogP contribution in [-0.4, -0.2) is 43.7 Å². The average molecular weight is 291 g/mol. The van der Waals surface area contributed by atoms with Gasteiger partial charge in [-0.05, 0) is 37.8 Å². The number of carbonyl (C=O) groups excluding carboxylic acids is 1. The number of methoxy groups -OCH3 is 1. The molecule has 0 aromatic heterocycles. The van der Waals surface area contributed by atoms with Crippen molar-refractivity contribution in [3.63, 3.8) is 0 Å². The van der Waals surface area contributed by atoms with Gasteiger partial charge in [-0.15, -0.1) is 0 Å². The van der Waals surface area contributed by atoms with Gasteiger partial charge in [-0.2, -0.15) is 0 Å². The highest BCUT2D eigenvalue weighted by Crippen LogP contribution is 2.20. The number of hydrogen-bond donors (Lipinski definition) is 0. The minimum Gasteiger partial charge on any atom is -0.493 e. The van der Waals surface area contributed by atoms with Gasteiger partial charge < -0.3 is 14.4 Å². The van der Waals surface area contributed by atoms with E-state index < -0.39 is 0 Å². The quantitative estimate of drug-likeness (QED) is 0.775. The summed E-state index contributed by atoms with van der Waals surface area (Å²) < 4.78 is 10.8. The first-order valence-electron chi connectivity index (χ1n) is 7.77. The number of amides is 1. The Balaban J connectivity index is 1.77. The summed E-state index contributed by atoms with van der Waals surface area (Å²) >= 11 is 0. The van der Waals surface area contributed by atoms with Gasteiger partial charge in [-0.3, -0.25) is 4.79 Å². The van der Waals surface area contributed by atoms with Gasteiger partial charge in [0.2, 0.25) is 5.91 Å². The minimum absolute atomic E-state index is 0.201. The van der Waals surface area contributed by atoms with E-state index in [2.05, 4.69) is 0 Å². The third kappa shape index (κ3) is 5.05.